The van der Waals surface area contributed by atoms with Gasteiger partial charge < -0.3 is 4.74 Å². The summed E-state index contributed by atoms with van der Waals surface area (Å²) < 4.78 is 6.01. The van der Waals surface area contributed by atoms with Gasteiger partial charge in [0.2, 0.25) is 0 Å². The molecule has 28 heavy (non-hydrogen) atoms. The first-order chi connectivity index (χ1) is 13.6. The van der Waals surface area contributed by atoms with Gasteiger partial charge in [0, 0.05) is 5.41 Å². The minimum Gasteiger partial charge on any atom is -0.457 e. The van der Waals surface area contributed by atoms with Crippen LogP contribution < -0.4 is 4.74 Å². The van der Waals surface area contributed by atoms with Crippen molar-refractivity contribution in [1.29, 1.82) is 0 Å². The van der Waals surface area contributed by atoms with Crippen LogP contribution in [0.15, 0.2) is 84.9 Å². The average molecular weight is 373 g/mol. The average Bonchev–Trinajstić information content (AvgIpc) is 2.73. The second kappa shape index (κ2) is 9.10. The van der Waals surface area contributed by atoms with Gasteiger partial charge in [-0.05, 0) is 53.6 Å². The number of hydrogen-bond donors (Lipinski definition) is 0. The van der Waals surface area contributed by atoms with Crippen molar-refractivity contribution in [2.75, 3.05) is 0 Å². The fourth-order valence-electron chi connectivity index (χ4n) is 4.42. The first-order valence-electron chi connectivity index (χ1n) is 10.4. The molecule has 3 aromatic carbocycles. The summed E-state index contributed by atoms with van der Waals surface area (Å²) in [7, 11) is 0. The molecule has 0 aromatic heterocycles. The molecule has 0 N–H and O–H groups in total. The predicted octanol–water partition coefficient (Wildman–Crippen LogP) is 7.66. The molecule has 0 fully saturated rings. The summed E-state index contributed by atoms with van der Waals surface area (Å²) >= 11 is 0. The first-order valence-corrected chi connectivity index (χ1v) is 10.4. The number of rotatable bonds is 8. The van der Waals surface area contributed by atoms with E-state index in [1.165, 1.54) is 11.1 Å². The van der Waals surface area contributed by atoms with Crippen LogP contribution in [0.5, 0.6) is 11.5 Å². The third-order valence-electron chi connectivity index (χ3n) is 6.23. The number of benzene rings is 3. The lowest BCUT2D eigenvalue weighted by Gasteiger charge is -2.44. The second-order valence-corrected chi connectivity index (χ2v) is 8.11. The Hall–Kier alpha value is -2.54. The van der Waals surface area contributed by atoms with E-state index >= 15 is 0 Å². The van der Waals surface area contributed by atoms with Gasteiger partial charge in [-0.25, -0.2) is 0 Å². The van der Waals surface area contributed by atoms with Crippen LogP contribution >= 0.6 is 0 Å². The Morgan fingerprint density at radius 3 is 1.79 bits per heavy atom. The van der Waals surface area contributed by atoms with E-state index in [1.807, 2.05) is 30.3 Å². The van der Waals surface area contributed by atoms with E-state index in [0.717, 1.165) is 24.3 Å². The molecule has 0 heterocycles. The van der Waals surface area contributed by atoms with Crippen molar-refractivity contribution in [1.82, 2.24) is 0 Å². The minimum atomic E-state index is 0.0986. The predicted molar refractivity (Wildman–Crippen MR) is 119 cm³/mol. The molecule has 0 amide bonds. The standard InChI is InChI=1S/C27H32O/c1-5-22(4)27(21(2)3,20-23-12-8-6-9-13-23)24-16-18-26(19-17-24)28-25-14-10-7-11-15-25/h6-19,21-22H,5,20H2,1-4H3. The maximum atomic E-state index is 6.01. The molecular weight excluding hydrogens is 340 g/mol. The lowest BCUT2D eigenvalue weighted by molar-refractivity contribution is 0.196. The van der Waals surface area contributed by atoms with E-state index in [0.29, 0.717) is 11.8 Å². The van der Waals surface area contributed by atoms with E-state index in [-0.39, 0.29) is 5.41 Å². The molecule has 0 aliphatic heterocycles. The van der Waals surface area contributed by atoms with Crippen molar-refractivity contribution in [2.45, 2.75) is 46.0 Å². The van der Waals surface area contributed by atoms with Crippen LogP contribution in [-0.2, 0) is 11.8 Å². The first kappa shape index (κ1) is 20.2. The van der Waals surface area contributed by atoms with Gasteiger partial charge in [-0.3, -0.25) is 0 Å². The number of para-hydroxylation sites is 1. The molecular formula is C27H32O. The Balaban J connectivity index is 1.95. The highest BCUT2D eigenvalue weighted by Crippen LogP contribution is 2.44. The van der Waals surface area contributed by atoms with E-state index in [2.05, 4.69) is 82.3 Å². The van der Waals surface area contributed by atoms with Gasteiger partial charge in [0.15, 0.2) is 0 Å². The fourth-order valence-corrected chi connectivity index (χ4v) is 4.42. The third kappa shape index (κ3) is 4.30. The van der Waals surface area contributed by atoms with Crippen LogP contribution in [-0.4, -0.2) is 0 Å². The Kier molecular flexibility index (Phi) is 6.57. The maximum Gasteiger partial charge on any atom is 0.127 e. The van der Waals surface area contributed by atoms with Crippen molar-refractivity contribution in [3.05, 3.63) is 96.1 Å². The highest BCUT2D eigenvalue weighted by molar-refractivity contribution is 5.38. The zero-order valence-corrected chi connectivity index (χ0v) is 17.6. The topological polar surface area (TPSA) is 9.23 Å². The zero-order valence-electron chi connectivity index (χ0n) is 17.6. The molecule has 0 radical (unpaired) electrons. The van der Waals surface area contributed by atoms with Gasteiger partial charge in [-0.2, -0.15) is 0 Å². The second-order valence-electron chi connectivity index (χ2n) is 8.11. The van der Waals surface area contributed by atoms with E-state index < -0.39 is 0 Å². The lowest BCUT2D eigenvalue weighted by Crippen LogP contribution is -2.41. The van der Waals surface area contributed by atoms with Crippen molar-refractivity contribution in [2.24, 2.45) is 11.8 Å². The molecule has 3 aromatic rings. The Morgan fingerprint density at radius 1 is 0.714 bits per heavy atom. The van der Waals surface area contributed by atoms with Crippen LogP contribution in [0.2, 0.25) is 0 Å². The van der Waals surface area contributed by atoms with E-state index in [9.17, 15) is 0 Å². The van der Waals surface area contributed by atoms with Gasteiger partial charge in [-0.15, -0.1) is 0 Å². The maximum absolute atomic E-state index is 6.01. The van der Waals surface area contributed by atoms with Gasteiger partial charge in [0.25, 0.3) is 0 Å². The van der Waals surface area contributed by atoms with Crippen molar-refractivity contribution < 1.29 is 4.74 Å². The summed E-state index contributed by atoms with van der Waals surface area (Å²) in [5.41, 5.74) is 2.91. The molecule has 0 saturated carbocycles. The summed E-state index contributed by atoms with van der Waals surface area (Å²) in [6, 6.07) is 29.7. The van der Waals surface area contributed by atoms with E-state index in [4.69, 9.17) is 4.74 Å². The molecule has 0 spiro atoms. The Bertz CT molecular complexity index is 836. The van der Waals surface area contributed by atoms with Crippen LogP contribution in [0.25, 0.3) is 0 Å². The van der Waals surface area contributed by atoms with Crippen LogP contribution in [0.1, 0.15) is 45.2 Å². The molecule has 0 aliphatic carbocycles. The van der Waals surface area contributed by atoms with Gasteiger partial charge in [-0.1, -0.05) is 94.8 Å². The SMILES string of the molecule is CCC(C)C(Cc1ccccc1)(c1ccc(Oc2ccccc2)cc1)C(C)C. The molecule has 146 valence electrons. The molecule has 1 heteroatoms. The van der Waals surface area contributed by atoms with Gasteiger partial charge >= 0.3 is 0 Å². The summed E-state index contributed by atoms with van der Waals surface area (Å²) in [5, 5.41) is 0. The van der Waals surface area contributed by atoms with Crippen molar-refractivity contribution in [3.8, 4) is 11.5 Å². The summed E-state index contributed by atoms with van der Waals surface area (Å²) in [5.74, 6) is 2.87. The quantitative estimate of drug-likeness (QED) is 0.394. The van der Waals surface area contributed by atoms with Gasteiger partial charge in [0.1, 0.15) is 11.5 Å². The van der Waals surface area contributed by atoms with Crippen molar-refractivity contribution >= 4 is 0 Å². The highest BCUT2D eigenvalue weighted by atomic mass is 16.5. The largest absolute Gasteiger partial charge is 0.457 e. The number of hydrogen-bond acceptors (Lipinski definition) is 1. The van der Waals surface area contributed by atoms with Crippen LogP contribution in [0, 0.1) is 11.8 Å². The smallest absolute Gasteiger partial charge is 0.127 e. The third-order valence-corrected chi connectivity index (χ3v) is 6.23. The highest BCUT2D eigenvalue weighted by Gasteiger charge is 2.40. The normalized spacial score (nSPS) is 14.5. The summed E-state index contributed by atoms with van der Waals surface area (Å²) in [6.07, 6.45) is 2.21. The van der Waals surface area contributed by atoms with Crippen LogP contribution in [0.4, 0.5) is 0 Å². The Labute approximate surface area is 170 Å². The molecule has 3 rings (SSSR count). The minimum absolute atomic E-state index is 0.0986. The Morgan fingerprint density at radius 2 is 1.25 bits per heavy atom. The molecule has 0 saturated heterocycles. The zero-order chi connectivity index (χ0) is 20.0. The molecule has 1 nitrogen and oxygen atoms in total. The molecule has 0 aliphatic rings. The fraction of sp³-hybridized carbons (Fsp3) is 0.333. The molecule has 2 atom stereocenters. The van der Waals surface area contributed by atoms with E-state index in [1.54, 1.807) is 0 Å². The van der Waals surface area contributed by atoms with Gasteiger partial charge in [0.05, 0.1) is 0 Å². The lowest BCUT2D eigenvalue weighted by atomic mass is 9.60. The monoisotopic (exact) mass is 372 g/mol. The summed E-state index contributed by atoms with van der Waals surface area (Å²) in [4.78, 5) is 0. The molecule has 2 unspecified atom stereocenters. The summed E-state index contributed by atoms with van der Waals surface area (Å²) in [6.45, 7) is 9.43. The molecule has 0 bridgehead atoms. The van der Waals surface area contributed by atoms with Crippen molar-refractivity contribution in [3.63, 3.8) is 0 Å². The number of ether oxygens (including phenoxy) is 1. The van der Waals surface area contributed by atoms with Crippen LogP contribution in [0.3, 0.4) is 0 Å².